The van der Waals surface area contributed by atoms with Gasteiger partial charge in [0.25, 0.3) is 5.91 Å². The summed E-state index contributed by atoms with van der Waals surface area (Å²) in [5.74, 6) is -3.08. The largest absolute Gasteiger partial charge is 0.391 e. The summed E-state index contributed by atoms with van der Waals surface area (Å²) in [6.07, 6.45) is -4.08. The third-order valence-corrected chi connectivity index (χ3v) is 7.26. The van der Waals surface area contributed by atoms with Gasteiger partial charge in [-0.3, -0.25) is 9.59 Å². The summed E-state index contributed by atoms with van der Waals surface area (Å²) < 4.78 is 54.4. The van der Waals surface area contributed by atoms with Gasteiger partial charge in [-0.05, 0) is 49.6 Å². The first-order valence-electron chi connectivity index (χ1n) is 10.4. The molecule has 1 saturated carbocycles. The average molecular weight is 548 g/mol. The number of hydrogen-bond acceptors (Lipinski definition) is 2. The second-order valence-electron chi connectivity index (χ2n) is 8.84. The predicted octanol–water partition coefficient (Wildman–Crippen LogP) is 6.77. The molecule has 1 heterocycles. The van der Waals surface area contributed by atoms with Crippen molar-refractivity contribution in [1.82, 2.24) is 5.32 Å². The number of anilines is 1. The molecule has 1 aliphatic heterocycles. The third kappa shape index (κ3) is 4.62. The Morgan fingerprint density at radius 3 is 2.70 bits per heavy atom. The lowest BCUT2D eigenvalue weighted by atomic mass is 9.70. The quantitative estimate of drug-likeness (QED) is 0.417. The van der Waals surface area contributed by atoms with Gasteiger partial charge in [-0.2, -0.15) is 13.2 Å². The van der Waals surface area contributed by atoms with E-state index in [-0.39, 0.29) is 35.5 Å². The number of carbonyl (C=O) groups is 2. The van der Waals surface area contributed by atoms with Crippen LogP contribution in [0.2, 0.25) is 5.02 Å². The first-order chi connectivity index (χ1) is 15.4. The minimum atomic E-state index is -4.37. The van der Waals surface area contributed by atoms with Crippen LogP contribution in [-0.4, -0.2) is 18.0 Å². The number of amides is 2. The summed E-state index contributed by atoms with van der Waals surface area (Å²) in [5, 5.41) is 5.73. The van der Waals surface area contributed by atoms with E-state index in [1.54, 1.807) is 12.1 Å². The number of rotatable bonds is 3. The number of fused-ring (bicyclic) bond motifs is 1. The third-order valence-electron chi connectivity index (χ3n) is 6.46. The molecule has 0 saturated heterocycles. The average Bonchev–Trinajstić information content (AvgIpc) is 3.05. The predicted molar refractivity (Wildman–Crippen MR) is 120 cm³/mol. The first kappa shape index (κ1) is 24.0. The van der Waals surface area contributed by atoms with E-state index in [0.29, 0.717) is 22.0 Å². The van der Waals surface area contributed by atoms with Gasteiger partial charge in [0.1, 0.15) is 5.82 Å². The van der Waals surface area contributed by atoms with Gasteiger partial charge in [-0.25, -0.2) is 4.39 Å². The molecule has 3 atom stereocenters. The van der Waals surface area contributed by atoms with Gasteiger partial charge in [0.05, 0.1) is 12.0 Å². The summed E-state index contributed by atoms with van der Waals surface area (Å²) in [5.41, 5.74) is -0.0239. The Morgan fingerprint density at radius 2 is 2.00 bits per heavy atom. The van der Waals surface area contributed by atoms with E-state index >= 15 is 0 Å². The monoisotopic (exact) mass is 546 g/mol. The Morgan fingerprint density at radius 1 is 1.27 bits per heavy atom. The normalized spacial score (nSPS) is 24.9. The van der Waals surface area contributed by atoms with E-state index in [0.717, 1.165) is 0 Å². The highest BCUT2D eigenvalue weighted by molar-refractivity contribution is 9.10. The zero-order valence-corrected chi connectivity index (χ0v) is 19.8. The van der Waals surface area contributed by atoms with Crippen LogP contribution in [0.5, 0.6) is 0 Å². The van der Waals surface area contributed by atoms with Gasteiger partial charge >= 0.3 is 6.18 Å². The van der Waals surface area contributed by atoms with Crippen molar-refractivity contribution in [2.24, 2.45) is 11.3 Å². The number of benzene rings is 2. The molecular formula is C23H20BrClF4N2O2. The summed E-state index contributed by atoms with van der Waals surface area (Å²) in [7, 11) is 0. The topological polar surface area (TPSA) is 58.2 Å². The molecule has 1 aliphatic carbocycles. The van der Waals surface area contributed by atoms with Crippen LogP contribution >= 0.6 is 27.5 Å². The molecule has 176 valence electrons. The summed E-state index contributed by atoms with van der Waals surface area (Å²) in [4.78, 5) is 25.9. The van der Waals surface area contributed by atoms with Gasteiger partial charge in [0.2, 0.25) is 5.91 Å². The zero-order valence-electron chi connectivity index (χ0n) is 17.5. The fourth-order valence-corrected chi connectivity index (χ4v) is 5.40. The standard InChI is InChI=1S/C23H20BrClF4N2O2/c1-22(6-2-3-11(10-22)23(27,28)29)21(33)30-17-8-12(24)7-15-18(17)19(31-20(15)32)14-9-13(26)4-5-16(14)25/h4-5,7-9,11,19H,2-3,6,10H2,1H3,(H,30,33)(H,31,32)/t11-,19-,22+/m1/s1. The Balaban J connectivity index is 1.71. The highest BCUT2D eigenvalue weighted by Gasteiger charge is 2.49. The van der Waals surface area contributed by atoms with Gasteiger partial charge in [-0.15, -0.1) is 0 Å². The Kier molecular flexibility index (Phi) is 6.24. The molecule has 0 bridgehead atoms. The number of alkyl halides is 3. The van der Waals surface area contributed by atoms with E-state index in [2.05, 4.69) is 26.6 Å². The SMILES string of the molecule is C[C@]1(C(=O)Nc2cc(Br)cc3c2[C@@H](c2cc(F)ccc2Cl)NC3=O)CCC[C@@H](C(F)(F)F)C1. The fraction of sp³-hybridized carbons (Fsp3) is 0.391. The second-order valence-corrected chi connectivity index (χ2v) is 10.2. The smallest absolute Gasteiger partial charge is 0.341 e. The van der Waals surface area contributed by atoms with Crippen molar-refractivity contribution >= 4 is 45.0 Å². The van der Waals surface area contributed by atoms with Crippen LogP contribution in [-0.2, 0) is 4.79 Å². The van der Waals surface area contributed by atoms with Crippen LogP contribution in [0.4, 0.5) is 23.2 Å². The van der Waals surface area contributed by atoms with Crippen LogP contribution in [0.3, 0.4) is 0 Å². The lowest BCUT2D eigenvalue weighted by molar-refractivity contribution is -0.191. The van der Waals surface area contributed by atoms with Crippen molar-refractivity contribution in [2.75, 3.05) is 5.32 Å². The minimum absolute atomic E-state index is 0.00276. The highest BCUT2D eigenvalue weighted by atomic mass is 79.9. The molecule has 2 aliphatic rings. The van der Waals surface area contributed by atoms with E-state index in [4.69, 9.17) is 11.6 Å². The molecule has 33 heavy (non-hydrogen) atoms. The van der Waals surface area contributed by atoms with E-state index < -0.39 is 41.2 Å². The van der Waals surface area contributed by atoms with Crippen molar-refractivity contribution in [3.05, 3.63) is 62.3 Å². The summed E-state index contributed by atoms with van der Waals surface area (Å²) >= 11 is 9.58. The number of carbonyl (C=O) groups excluding carboxylic acids is 2. The molecule has 1 fully saturated rings. The lowest BCUT2D eigenvalue weighted by Gasteiger charge is -2.37. The van der Waals surface area contributed by atoms with Crippen molar-refractivity contribution in [3.63, 3.8) is 0 Å². The maximum atomic E-state index is 13.9. The molecule has 4 rings (SSSR count). The van der Waals surface area contributed by atoms with Gasteiger partial charge in [-0.1, -0.05) is 40.9 Å². The van der Waals surface area contributed by atoms with Crippen LogP contribution in [0.15, 0.2) is 34.8 Å². The number of hydrogen-bond donors (Lipinski definition) is 2. The maximum absolute atomic E-state index is 13.9. The van der Waals surface area contributed by atoms with Gasteiger partial charge in [0.15, 0.2) is 0 Å². The second kappa shape index (κ2) is 8.58. The Bertz CT molecular complexity index is 1140. The van der Waals surface area contributed by atoms with E-state index in [9.17, 15) is 27.2 Å². The van der Waals surface area contributed by atoms with E-state index in [1.807, 2.05) is 0 Å². The van der Waals surface area contributed by atoms with Crippen molar-refractivity contribution in [1.29, 1.82) is 0 Å². The molecule has 2 aromatic rings. The van der Waals surface area contributed by atoms with Gasteiger partial charge < -0.3 is 10.6 Å². The van der Waals surface area contributed by atoms with Crippen LogP contribution in [0.1, 0.15) is 60.1 Å². The van der Waals surface area contributed by atoms with Crippen LogP contribution in [0, 0.1) is 17.2 Å². The molecule has 0 aromatic heterocycles. The Hall–Kier alpha value is -2.13. The Labute approximate surface area is 201 Å². The molecule has 2 amide bonds. The summed E-state index contributed by atoms with van der Waals surface area (Å²) in [6.45, 7) is 1.53. The first-order valence-corrected chi connectivity index (χ1v) is 11.5. The molecule has 0 unspecified atom stereocenters. The van der Waals surface area contributed by atoms with Crippen molar-refractivity contribution in [3.8, 4) is 0 Å². The minimum Gasteiger partial charge on any atom is -0.341 e. The molecule has 4 nitrogen and oxygen atoms in total. The summed E-state index contributed by atoms with van der Waals surface area (Å²) in [6, 6.07) is 6.07. The van der Waals surface area contributed by atoms with Crippen molar-refractivity contribution in [2.45, 2.75) is 44.8 Å². The number of halogens is 6. The molecule has 2 N–H and O–H groups in total. The molecule has 0 spiro atoms. The highest BCUT2D eigenvalue weighted by Crippen LogP contribution is 2.47. The van der Waals surface area contributed by atoms with E-state index in [1.165, 1.54) is 25.1 Å². The number of nitrogens with one attached hydrogen (secondary N) is 2. The molecule has 10 heteroatoms. The fourth-order valence-electron chi connectivity index (χ4n) is 4.72. The molecular weight excluding hydrogens is 528 g/mol. The van der Waals surface area contributed by atoms with Crippen LogP contribution < -0.4 is 10.6 Å². The molecule has 2 aromatic carbocycles. The van der Waals surface area contributed by atoms with Gasteiger partial charge in [0, 0.05) is 37.3 Å². The zero-order chi connectivity index (χ0) is 24.1. The molecule has 0 radical (unpaired) electrons. The maximum Gasteiger partial charge on any atom is 0.391 e. The lowest BCUT2D eigenvalue weighted by Crippen LogP contribution is -2.41. The van der Waals surface area contributed by atoms with Crippen molar-refractivity contribution < 1.29 is 27.2 Å². The van der Waals surface area contributed by atoms with Crippen LogP contribution in [0.25, 0.3) is 0 Å².